The van der Waals surface area contributed by atoms with Crippen molar-refractivity contribution in [1.82, 2.24) is 24.7 Å². The van der Waals surface area contributed by atoms with Gasteiger partial charge in [0, 0.05) is 29.7 Å². The van der Waals surface area contributed by atoms with Crippen molar-refractivity contribution >= 4 is 34.4 Å². The van der Waals surface area contributed by atoms with Crippen LogP contribution in [0.3, 0.4) is 0 Å². The molecule has 0 aliphatic rings. The minimum absolute atomic E-state index is 0.111. The molecule has 1 atom stereocenters. The van der Waals surface area contributed by atoms with E-state index >= 15 is 0 Å². The van der Waals surface area contributed by atoms with Crippen LogP contribution in [0.5, 0.6) is 0 Å². The van der Waals surface area contributed by atoms with E-state index in [9.17, 15) is 28.2 Å². The number of carbonyl (C=O) groups excluding carboxylic acids is 1. The number of rotatable bonds is 6. The molecule has 0 radical (unpaired) electrons. The lowest BCUT2D eigenvalue weighted by molar-refractivity contribution is -0.137. The van der Waals surface area contributed by atoms with E-state index in [4.69, 9.17) is 11.6 Å². The number of amides is 1. The first-order chi connectivity index (χ1) is 18.7. The largest absolute Gasteiger partial charge is 0.417 e. The summed E-state index contributed by atoms with van der Waals surface area (Å²) < 4.78 is 42.8. The maximum absolute atomic E-state index is 13.8. The molecule has 0 fully saturated rings. The first kappa shape index (κ1) is 26.2. The molecule has 198 valence electrons. The quantitative estimate of drug-likeness (QED) is 0.274. The summed E-state index contributed by atoms with van der Waals surface area (Å²) in [7, 11) is 0. The summed E-state index contributed by atoms with van der Waals surface area (Å²) >= 11 is 6.19. The number of aliphatic hydroxyl groups excluding tert-OH is 2. The van der Waals surface area contributed by atoms with Gasteiger partial charge in [0.1, 0.15) is 17.1 Å². The van der Waals surface area contributed by atoms with Crippen molar-refractivity contribution in [2.45, 2.75) is 12.3 Å². The van der Waals surface area contributed by atoms with Gasteiger partial charge < -0.3 is 15.5 Å². The topological polar surface area (TPSA) is 126 Å². The van der Waals surface area contributed by atoms with Crippen molar-refractivity contribution in [1.29, 1.82) is 0 Å². The second-order valence-electron chi connectivity index (χ2n) is 8.33. The molecular formula is C26H18ClF3N6O3. The predicted octanol–water partition coefficient (Wildman–Crippen LogP) is 4.83. The van der Waals surface area contributed by atoms with Crippen LogP contribution in [0.4, 0.5) is 19.0 Å². The Morgan fingerprint density at radius 1 is 1.05 bits per heavy atom. The molecule has 0 aliphatic heterocycles. The highest BCUT2D eigenvalue weighted by Crippen LogP contribution is 2.39. The fraction of sp³-hybridized carbons (Fsp3) is 0.115. The Labute approximate surface area is 223 Å². The molecule has 0 aliphatic carbocycles. The van der Waals surface area contributed by atoms with Gasteiger partial charge in [-0.1, -0.05) is 29.8 Å². The zero-order valence-corrected chi connectivity index (χ0v) is 20.5. The second-order valence-corrected chi connectivity index (χ2v) is 8.74. The lowest BCUT2D eigenvalue weighted by Gasteiger charge is -2.15. The third-order valence-corrected chi connectivity index (χ3v) is 6.10. The van der Waals surface area contributed by atoms with E-state index in [1.807, 2.05) is 0 Å². The number of hydrogen-bond acceptors (Lipinski definition) is 7. The van der Waals surface area contributed by atoms with Crippen LogP contribution in [0.15, 0.2) is 73.2 Å². The third-order valence-electron chi connectivity index (χ3n) is 5.79. The molecule has 9 nitrogen and oxygen atoms in total. The summed E-state index contributed by atoms with van der Waals surface area (Å²) in [5.74, 6) is -0.946. The molecule has 13 heteroatoms. The highest BCUT2D eigenvalue weighted by molar-refractivity contribution is 6.34. The fourth-order valence-electron chi connectivity index (χ4n) is 3.92. The standard InChI is InChI=1S/C26H18ClF3N6O3/c27-19-11-18(26(28,29)30)16(23-31-7-4-8-32-23)10-17(19)25(39)34-24-22-20(9-14(12-33-22)21(38)13-37)35-36(24)15-5-2-1-3-6-15/h1-12,21,37-38H,13H2,(H,34,39). The molecule has 5 rings (SSSR count). The van der Waals surface area contributed by atoms with Crippen molar-refractivity contribution in [2.24, 2.45) is 0 Å². The SMILES string of the molecule is O=C(Nc1c2ncc(C(O)CO)cc2nn1-c1ccccc1)c1cc(-c2ncccn2)c(C(F)(F)F)cc1Cl. The van der Waals surface area contributed by atoms with E-state index in [2.05, 4.69) is 25.4 Å². The number of nitrogens with zero attached hydrogens (tertiary/aromatic N) is 5. The Balaban J connectivity index is 1.63. The van der Waals surface area contributed by atoms with E-state index in [1.54, 1.807) is 30.3 Å². The van der Waals surface area contributed by atoms with Gasteiger partial charge in [-0.25, -0.2) is 14.6 Å². The average Bonchev–Trinajstić information content (AvgIpc) is 3.30. The second kappa shape index (κ2) is 10.4. The average molecular weight is 555 g/mol. The molecule has 3 N–H and O–H groups in total. The van der Waals surface area contributed by atoms with Gasteiger partial charge in [0.2, 0.25) is 0 Å². The number of anilines is 1. The highest BCUT2D eigenvalue weighted by Gasteiger charge is 2.36. The number of para-hydroxylation sites is 1. The monoisotopic (exact) mass is 554 g/mol. The number of nitrogens with one attached hydrogen (secondary N) is 1. The number of fused-ring (bicyclic) bond motifs is 1. The van der Waals surface area contributed by atoms with Gasteiger partial charge in [0.15, 0.2) is 11.6 Å². The minimum atomic E-state index is -4.78. The maximum atomic E-state index is 13.8. The van der Waals surface area contributed by atoms with E-state index < -0.39 is 40.9 Å². The number of benzene rings is 2. The summed E-state index contributed by atoms with van der Waals surface area (Å²) in [5.41, 5.74) is -0.391. The smallest absolute Gasteiger partial charge is 0.393 e. The molecule has 3 heterocycles. The van der Waals surface area contributed by atoms with Crippen molar-refractivity contribution < 1.29 is 28.2 Å². The van der Waals surface area contributed by atoms with E-state index in [0.717, 1.165) is 6.07 Å². The molecule has 2 aromatic carbocycles. The zero-order chi connectivity index (χ0) is 27.7. The Bertz CT molecular complexity index is 1660. The maximum Gasteiger partial charge on any atom is 0.417 e. The van der Waals surface area contributed by atoms with Gasteiger partial charge in [-0.3, -0.25) is 9.78 Å². The summed E-state index contributed by atoms with van der Waals surface area (Å²) in [5, 5.41) is 26.0. The lowest BCUT2D eigenvalue weighted by Crippen LogP contribution is -2.17. The van der Waals surface area contributed by atoms with E-state index in [1.165, 1.54) is 35.4 Å². The van der Waals surface area contributed by atoms with E-state index in [-0.39, 0.29) is 28.2 Å². The normalized spacial score (nSPS) is 12.5. The van der Waals surface area contributed by atoms with Crippen LogP contribution in [-0.4, -0.2) is 47.5 Å². The zero-order valence-electron chi connectivity index (χ0n) is 19.8. The Kier molecular flexibility index (Phi) is 7.00. The summed E-state index contributed by atoms with van der Waals surface area (Å²) in [6.45, 7) is -0.532. The summed E-state index contributed by atoms with van der Waals surface area (Å²) in [6, 6.07) is 13.3. The molecule has 1 amide bonds. The van der Waals surface area contributed by atoms with Crippen molar-refractivity contribution in [2.75, 3.05) is 11.9 Å². The van der Waals surface area contributed by atoms with Gasteiger partial charge in [0.25, 0.3) is 5.91 Å². The third kappa shape index (κ3) is 5.17. The van der Waals surface area contributed by atoms with Crippen molar-refractivity contribution in [3.63, 3.8) is 0 Å². The van der Waals surface area contributed by atoms with Crippen LogP contribution < -0.4 is 5.32 Å². The minimum Gasteiger partial charge on any atom is -0.393 e. The van der Waals surface area contributed by atoms with Crippen LogP contribution in [0.25, 0.3) is 28.1 Å². The Hall–Kier alpha value is -4.39. The van der Waals surface area contributed by atoms with Crippen LogP contribution in [0.2, 0.25) is 5.02 Å². The number of alkyl halides is 3. The van der Waals surface area contributed by atoms with Crippen LogP contribution in [0.1, 0.15) is 27.6 Å². The van der Waals surface area contributed by atoms with Crippen molar-refractivity contribution in [3.05, 3.63) is 94.9 Å². The van der Waals surface area contributed by atoms with Crippen LogP contribution in [-0.2, 0) is 6.18 Å². The van der Waals surface area contributed by atoms with Gasteiger partial charge >= 0.3 is 6.18 Å². The number of halogens is 4. The van der Waals surface area contributed by atoms with Gasteiger partial charge in [0.05, 0.1) is 28.4 Å². The summed E-state index contributed by atoms with van der Waals surface area (Å²) in [4.78, 5) is 25.6. The number of pyridine rings is 1. The molecular weight excluding hydrogens is 537 g/mol. The first-order valence-corrected chi connectivity index (χ1v) is 11.8. The number of aliphatic hydroxyl groups is 2. The molecule has 1 unspecified atom stereocenters. The van der Waals surface area contributed by atoms with Crippen LogP contribution >= 0.6 is 11.6 Å². The van der Waals surface area contributed by atoms with Crippen LogP contribution in [0, 0.1) is 0 Å². The van der Waals surface area contributed by atoms with Crippen molar-refractivity contribution in [3.8, 4) is 17.1 Å². The molecule has 3 aromatic heterocycles. The molecule has 39 heavy (non-hydrogen) atoms. The van der Waals surface area contributed by atoms with Gasteiger partial charge in [-0.05, 0) is 36.4 Å². The number of aromatic nitrogens is 5. The first-order valence-electron chi connectivity index (χ1n) is 11.4. The molecule has 0 saturated carbocycles. The fourth-order valence-corrected chi connectivity index (χ4v) is 4.17. The molecule has 0 bridgehead atoms. The summed E-state index contributed by atoms with van der Waals surface area (Å²) in [6.07, 6.45) is -2.07. The molecule has 0 spiro atoms. The molecule has 5 aromatic rings. The highest BCUT2D eigenvalue weighted by atomic mass is 35.5. The van der Waals surface area contributed by atoms with E-state index in [0.29, 0.717) is 17.3 Å². The number of carbonyl (C=O) groups is 1. The number of hydrogen-bond donors (Lipinski definition) is 3. The molecule has 0 saturated heterocycles. The lowest BCUT2D eigenvalue weighted by atomic mass is 10.0. The predicted molar refractivity (Wildman–Crippen MR) is 136 cm³/mol. The Morgan fingerprint density at radius 3 is 2.44 bits per heavy atom. The Morgan fingerprint density at radius 2 is 1.77 bits per heavy atom. The van der Waals surface area contributed by atoms with Gasteiger partial charge in [-0.2, -0.15) is 18.3 Å². The van der Waals surface area contributed by atoms with Gasteiger partial charge in [-0.15, -0.1) is 0 Å².